The molecule has 188 valence electrons. The van der Waals surface area contributed by atoms with Crippen molar-refractivity contribution in [2.45, 2.75) is 24.5 Å². The van der Waals surface area contributed by atoms with E-state index < -0.39 is 63.8 Å². The molecule has 0 unspecified atom stereocenters. The van der Waals surface area contributed by atoms with E-state index in [1.54, 1.807) is 39.2 Å². The molecule has 0 heterocycles. The first-order valence-electron chi connectivity index (χ1n) is 11.0. The highest BCUT2D eigenvalue weighted by Gasteiger charge is 2.63. The lowest BCUT2D eigenvalue weighted by Gasteiger charge is -2.50. The zero-order valence-corrected chi connectivity index (χ0v) is 20.1. The van der Waals surface area contributed by atoms with Gasteiger partial charge >= 0.3 is 0 Å². The number of allylic oxidation sites excluding steroid dienone is 1. The summed E-state index contributed by atoms with van der Waals surface area (Å²) in [4.78, 5) is 42.3. The molecule has 1 aromatic carbocycles. The molecule has 11 nitrogen and oxygen atoms in total. The van der Waals surface area contributed by atoms with Crippen LogP contribution < -0.4 is 15.4 Å². The van der Waals surface area contributed by atoms with E-state index >= 15 is 0 Å². The number of aliphatic hydroxyl groups excluding tert-OH is 2. The number of carbonyl (C=O) groups excluding carboxylic acids is 3. The summed E-state index contributed by atoms with van der Waals surface area (Å²) >= 11 is 0. The molecule has 0 spiro atoms. The van der Waals surface area contributed by atoms with Gasteiger partial charge in [-0.2, -0.15) is 0 Å². The van der Waals surface area contributed by atoms with Crippen molar-refractivity contribution in [3.05, 3.63) is 39.9 Å². The predicted molar refractivity (Wildman–Crippen MR) is 125 cm³/mol. The van der Waals surface area contributed by atoms with Gasteiger partial charge < -0.3 is 35.8 Å². The molecule has 6 N–H and O–H groups in total. The number of ketones is 2. The average Bonchev–Trinajstić information content (AvgIpc) is 2.75. The van der Waals surface area contributed by atoms with Gasteiger partial charge in [-0.25, -0.2) is 0 Å². The van der Waals surface area contributed by atoms with E-state index in [-0.39, 0.29) is 29.7 Å². The van der Waals surface area contributed by atoms with E-state index in [4.69, 9.17) is 10.5 Å². The molecule has 0 fully saturated rings. The quantitative estimate of drug-likeness (QED) is 0.369. The number of rotatable bonds is 4. The maximum absolute atomic E-state index is 13.7. The molecule has 0 radical (unpaired) electrons. The Bertz CT molecular complexity index is 1230. The van der Waals surface area contributed by atoms with Gasteiger partial charge in [-0.1, -0.05) is 0 Å². The molecule has 1 aromatic rings. The van der Waals surface area contributed by atoms with Crippen LogP contribution in [0, 0.1) is 11.8 Å². The van der Waals surface area contributed by atoms with Crippen LogP contribution in [0.1, 0.15) is 22.3 Å². The summed E-state index contributed by atoms with van der Waals surface area (Å²) in [6.45, 7) is 0. The minimum Gasteiger partial charge on any atom is -0.510 e. The number of hydrogen-bond donors (Lipinski definition) is 5. The molecule has 0 saturated heterocycles. The molecule has 0 aliphatic heterocycles. The van der Waals surface area contributed by atoms with Crippen molar-refractivity contribution in [1.29, 1.82) is 0 Å². The standard InChI is InChI=1S/C24H29N3O8/c1-26(2)12-8-13(35-5)18(28)15-10(12)6-9-7-11-17(27(3)4)20(30)16(23(25)33)22(32)24(11,34)21(31)14(9)19(15)29/h8-9,11,17,28,30-31,34H,6-7H2,1-5H3,(H2,25,33)/t9-,11-,17-,24-/m0/s1. The van der Waals surface area contributed by atoms with Gasteiger partial charge in [0, 0.05) is 37.3 Å². The monoisotopic (exact) mass is 487 g/mol. The van der Waals surface area contributed by atoms with Gasteiger partial charge in [0.15, 0.2) is 22.9 Å². The number of amides is 1. The van der Waals surface area contributed by atoms with Gasteiger partial charge in [0.2, 0.25) is 5.78 Å². The van der Waals surface area contributed by atoms with Gasteiger partial charge in [0.1, 0.15) is 17.1 Å². The van der Waals surface area contributed by atoms with Crippen molar-refractivity contribution in [3.63, 3.8) is 0 Å². The maximum atomic E-state index is 13.7. The first-order chi connectivity index (χ1) is 16.3. The summed E-state index contributed by atoms with van der Waals surface area (Å²) in [6, 6.07) is 0.577. The number of likely N-dealkylation sites (N-methyl/N-ethyl adjacent to an activating group) is 1. The number of nitrogens with two attached hydrogens (primary N) is 1. The van der Waals surface area contributed by atoms with E-state index in [2.05, 4.69) is 0 Å². The average molecular weight is 488 g/mol. The van der Waals surface area contributed by atoms with Crippen molar-refractivity contribution >= 4 is 23.2 Å². The van der Waals surface area contributed by atoms with Crippen LogP contribution in [0.15, 0.2) is 28.7 Å². The van der Waals surface area contributed by atoms with Crippen LogP contribution >= 0.6 is 0 Å². The number of hydrogen-bond acceptors (Lipinski definition) is 10. The largest absolute Gasteiger partial charge is 0.510 e. The first kappa shape index (κ1) is 24.6. The lowest BCUT2D eigenvalue weighted by molar-refractivity contribution is -0.148. The van der Waals surface area contributed by atoms with Gasteiger partial charge in [0.05, 0.1) is 18.7 Å². The fourth-order valence-corrected chi connectivity index (χ4v) is 5.83. The minimum absolute atomic E-state index is 0.0332. The molecule has 4 atom stereocenters. The summed E-state index contributed by atoms with van der Waals surface area (Å²) in [7, 11) is 8.06. The van der Waals surface area contributed by atoms with E-state index in [0.29, 0.717) is 11.3 Å². The van der Waals surface area contributed by atoms with Crippen molar-refractivity contribution < 1.29 is 39.5 Å². The number of nitrogens with zero attached hydrogens (tertiary/aromatic N) is 2. The van der Waals surface area contributed by atoms with Gasteiger partial charge in [0.25, 0.3) is 5.91 Å². The number of methoxy groups -OCH3 is 1. The summed E-state index contributed by atoms with van der Waals surface area (Å²) < 4.78 is 5.23. The number of ether oxygens (including phenoxy) is 1. The normalized spacial score (nSPS) is 28.0. The lowest BCUT2D eigenvalue weighted by atomic mass is 9.58. The van der Waals surface area contributed by atoms with Crippen molar-refractivity contribution in [2.24, 2.45) is 17.6 Å². The number of aromatic hydroxyl groups is 1. The molecule has 35 heavy (non-hydrogen) atoms. The highest BCUT2D eigenvalue weighted by Crippen LogP contribution is 2.54. The van der Waals surface area contributed by atoms with Crippen molar-refractivity contribution in [1.82, 2.24) is 4.90 Å². The van der Waals surface area contributed by atoms with Gasteiger partial charge in [-0.05, 0) is 38.4 Å². The number of aliphatic hydroxyl groups is 3. The second kappa shape index (κ2) is 7.99. The Morgan fingerprint density at radius 2 is 1.80 bits per heavy atom. The molecule has 0 saturated carbocycles. The number of fused-ring (bicyclic) bond motifs is 3. The molecule has 1 amide bonds. The number of primary amides is 1. The Balaban J connectivity index is 2.00. The zero-order chi connectivity index (χ0) is 26.1. The lowest BCUT2D eigenvalue weighted by Crippen LogP contribution is -2.63. The fourth-order valence-electron chi connectivity index (χ4n) is 5.83. The van der Waals surface area contributed by atoms with Gasteiger partial charge in [-0.3, -0.25) is 19.3 Å². The Kier molecular flexibility index (Phi) is 5.61. The van der Waals surface area contributed by atoms with Crippen LogP contribution in [-0.4, -0.2) is 89.7 Å². The fraction of sp³-hybridized carbons (Fsp3) is 0.458. The van der Waals surface area contributed by atoms with Crippen LogP contribution in [0.3, 0.4) is 0 Å². The molecule has 0 bridgehead atoms. The first-order valence-corrected chi connectivity index (χ1v) is 11.0. The number of anilines is 1. The SMILES string of the molecule is COc1cc(N(C)C)c2c(c1O)C(=O)C1=C(O)[C@]3(O)C(=O)C(C(N)=O)=C(O)[C@@H](N(C)C)[C@@H]3C[C@@H]1C2. The number of carbonyl (C=O) groups is 3. The molecular formula is C24H29N3O8. The molecule has 4 rings (SSSR count). The van der Waals surface area contributed by atoms with E-state index in [1.807, 2.05) is 0 Å². The molecule has 0 aromatic heterocycles. The third kappa shape index (κ3) is 3.15. The van der Waals surface area contributed by atoms with E-state index in [9.17, 15) is 34.8 Å². The summed E-state index contributed by atoms with van der Waals surface area (Å²) in [5.74, 6) is -6.84. The molecule has 3 aliphatic carbocycles. The predicted octanol–water partition coefficient (Wildman–Crippen LogP) is 0.195. The smallest absolute Gasteiger partial charge is 0.255 e. The van der Waals surface area contributed by atoms with E-state index in [1.165, 1.54) is 12.0 Å². The Hall–Kier alpha value is -3.57. The minimum atomic E-state index is -2.66. The zero-order valence-electron chi connectivity index (χ0n) is 20.1. The molecule has 3 aliphatic rings. The second-order valence-electron chi connectivity index (χ2n) is 9.66. The Morgan fingerprint density at radius 3 is 2.31 bits per heavy atom. The third-order valence-electron chi connectivity index (χ3n) is 7.37. The maximum Gasteiger partial charge on any atom is 0.255 e. The summed E-state index contributed by atoms with van der Waals surface area (Å²) in [5, 5.41) is 44.5. The van der Waals surface area contributed by atoms with E-state index in [0.717, 1.165) is 0 Å². The Morgan fingerprint density at radius 1 is 1.17 bits per heavy atom. The number of phenols is 1. The molecular weight excluding hydrogens is 458 g/mol. The van der Waals surface area contributed by atoms with Crippen molar-refractivity contribution in [3.8, 4) is 11.5 Å². The number of phenolic OH excluding ortho intramolecular Hbond substituents is 1. The topological polar surface area (TPSA) is 174 Å². The highest BCUT2D eigenvalue weighted by molar-refractivity contribution is 6.25. The van der Waals surface area contributed by atoms with Crippen LogP contribution in [0.4, 0.5) is 5.69 Å². The third-order valence-corrected chi connectivity index (χ3v) is 7.37. The van der Waals surface area contributed by atoms with Crippen LogP contribution in [0.2, 0.25) is 0 Å². The van der Waals surface area contributed by atoms with Crippen LogP contribution in [0.5, 0.6) is 11.5 Å². The van der Waals surface area contributed by atoms with Gasteiger partial charge in [-0.15, -0.1) is 0 Å². The number of Topliss-reactive ketones (excluding diaryl/α,β-unsaturated/α-hetero) is 2. The highest BCUT2D eigenvalue weighted by atomic mass is 16.5. The van der Waals surface area contributed by atoms with Crippen LogP contribution in [0.25, 0.3) is 0 Å². The van der Waals surface area contributed by atoms with Crippen molar-refractivity contribution in [2.75, 3.05) is 40.2 Å². The number of benzene rings is 1. The summed E-state index contributed by atoms with van der Waals surface area (Å²) in [6.07, 6.45) is 0.241. The van der Waals surface area contributed by atoms with Crippen LogP contribution in [-0.2, 0) is 16.0 Å². The molecule has 11 heteroatoms. The summed E-state index contributed by atoms with van der Waals surface area (Å²) in [5.41, 5.74) is 2.70. The second-order valence-corrected chi connectivity index (χ2v) is 9.66. The Labute approximate surface area is 201 Å².